The molecule has 1 aromatic carbocycles. The second kappa shape index (κ2) is 8.65. The maximum atomic E-state index is 12.2. The summed E-state index contributed by atoms with van der Waals surface area (Å²) in [6.45, 7) is 1.36. The number of carbonyl (C=O) groups excluding carboxylic acids is 1. The first-order valence-electron chi connectivity index (χ1n) is 7.98. The zero-order chi connectivity index (χ0) is 21.9. The summed E-state index contributed by atoms with van der Waals surface area (Å²) in [4.78, 5) is 48.6. The van der Waals surface area contributed by atoms with Gasteiger partial charge in [0.25, 0.3) is 11.5 Å². The van der Waals surface area contributed by atoms with E-state index in [9.17, 15) is 29.4 Å². The molecule has 29 heavy (non-hydrogen) atoms. The summed E-state index contributed by atoms with van der Waals surface area (Å²) < 4.78 is 11.0. The lowest BCUT2D eigenvalue weighted by Gasteiger charge is -2.17. The second-order valence-electron chi connectivity index (χ2n) is 5.58. The Labute approximate surface area is 171 Å². The van der Waals surface area contributed by atoms with Crippen molar-refractivity contribution < 1.29 is 34.1 Å². The summed E-state index contributed by atoms with van der Waals surface area (Å²) in [5, 5.41) is 19.0. The monoisotopic (exact) mass is 469 g/mol. The number of nitrogens with two attached hydrogens (primary N) is 2. The third-order valence-corrected chi connectivity index (χ3v) is 4.22. The van der Waals surface area contributed by atoms with Gasteiger partial charge in [0.15, 0.2) is 18.1 Å². The molecule has 0 fully saturated rings. The molecule has 0 aliphatic rings. The van der Waals surface area contributed by atoms with Crippen molar-refractivity contribution in [3.63, 3.8) is 0 Å². The number of H-pyrrole nitrogens is 1. The minimum Gasteiger partial charge on any atom is -0.490 e. The van der Waals surface area contributed by atoms with Crippen LogP contribution in [0.3, 0.4) is 0 Å². The van der Waals surface area contributed by atoms with Gasteiger partial charge < -0.3 is 36.1 Å². The summed E-state index contributed by atoms with van der Waals surface area (Å²) in [5.74, 6) is -4.30. The fourth-order valence-corrected chi connectivity index (χ4v) is 3.15. The molecule has 0 bridgehead atoms. The fraction of sp³-hybridized carbons (Fsp3) is 0.176. The van der Waals surface area contributed by atoms with Crippen molar-refractivity contribution in [1.29, 1.82) is 0 Å². The molecule has 0 radical (unpaired) electrons. The van der Waals surface area contributed by atoms with Crippen LogP contribution in [0.1, 0.15) is 27.6 Å². The van der Waals surface area contributed by atoms with E-state index in [0.29, 0.717) is 0 Å². The highest BCUT2D eigenvalue weighted by atomic mass is 79.9. The molecule has 2 aromatic rings. The maximum Gasteiger partial charge on any atom is 0.342 e. The van der Waals surface area contributed by atoms with Gasteiger partial charge in [-0.05, 0) is 40.5 Å². The molecular weight excluding hydrogens is 454 g/mol. The Morgan fingerprint density at radius 3 is 2.28 bits per heavy atom. The number of nitrogens with one attached hydrogen (secondary N) is 1. The van der Waals surface area contributed by atoms with Gasteiger partial charge >= 0.3 is 11.9 Å². The fourth-order valence-electron chi connectivity index (χ4n) is 2.59. The van der Waals surface area contributed by atoms with Crippen LogP contribution in [0.2, 0.25) is 0 Å². The van der Waals surface area contributed by atoms with E-state index in [2.05, 4.69) is 15.9 Å². The second-order valence-corrected chi connectivity index (χ2v) is 6.43. The number of nitrogen functional groups attached to an aromatic ring is 1. The molecule has 0 atom stereocenters. The van der Waals surface area contributed by atoms with E-state index in [0.717, 1.165) is 0 Å². The first-order chi connectivity index (χ1) is 13.6. The van der Waals surface area contributed by atoms with Gasteiger partial charge in [-0.3, -0.25) is 9.59 Å². The average Bonchev–Trinajstić information content (AvgIpc) is 2.59. The van der Waals surface area contributed by atoms with Gasteiger partial charge in [0.05, 0.1) is 11.1 Å². The van der Waals surface area contributed by atoms with Crippen molar-refractivity contribution >= 4 is 39.6 Å². The van der Waals surface area contributed by atoms with Gasteiger partial charge in [-0.2, -0.15) is 0 Å². The number of benzene rings is 1. The van der Waals surface area contributed by atoms with Crippen LogP contribution >= 0.6 is 15.9 Å². The Morgan fingerprint density at radius 2 is 1.76 bits per heavy atom. The van der Waals surface area contributed by atoms with Crippen LogP contribution in [0.5, 0.6) is 11.5 Å². The highest BCUT2D eigenvalue weighted by Crippen LogP contribution is 2.41. The van der Waals surface area contributed by atoms with Crippen LogP contribution in [-0.2, 0) is 4.79 Å². The first-order valence-corrected chi connectivity index (χ1v) is 8.77. The van der Waals surface area contributed by atoms with Crippen molar-refractivity contribution in [1.82, 2.24) is 4.98 Å². The maximum absolute atomic E-state index is 12.2. The molecule has 7 N–H and O–H groups in total. The third kappa shape index (κ3) is 4.48. The SMILES string of the molecule is CCOc1cc(-c2c(C(=O)O)c(N)[nH]c(=O)c2C(=O)O)cc(Br)c1OCC(N)=O. The van der Waals surface area contributed by atoms with E-state index in [1.165, 1.54) is 12.1 Å². The van der Waals surface area contributed by atoms with Crippen LogP contribution in [0.15, 0.2) is 21.4 Å². The number of hydrogen-bond acceptors (Lipinski definition) is 7. The molecule has 1 heterocycles. The molecule has 11 nitrogen and oxygen atoms in total. The number of aromatic amines is 1. The van der Waals surface area contributed by atoms with Gasteiger partial charge in [-0.25, -0.2) is 9.59 Å². The van der Waals surface area contributed by atoms with Crippen molar-refractivity contribution in [3.05, 3.63) is 38.1 Å². The number of carboxylic acids is 2. The largest absolute Gasteiger partial charge is 0.490 e. The van der Waals surface area contributed by atoms with Crippen LogP contribution in [0.4, 0.5) is 5.82 Å². The minimum atomic E-state index is -1.65. The number of ether oxygens (including phenoxy) is 2. The van der Waals surface area contributed by atoms with Crippen molar-refractivity contribution in [2.75, 3.05) is 18.9 Å². The average molecular weight is 470 g/mol. The number of pyridine rings is 1. The van der Waals surface area contributed by atoms with Gasteiger partial charge in [0, 0.05) is 5.56 Å². The predicted molar refractivity (Wildman–Crippen MR) is 104 cm³/mol. The summed E-state index contributed by atoms with van der Waals surface area (Å²) in [5.41, 5.74) is 7.83. The van der Waals surface area contributed by atoms with Gasteiger partial charge in [-0.1, -0.05) is 0 Å². The lowest BCUT2D eigenvalue weighted by molar-refractivity contribution is -0.120. The van der Waals surface area contributed by atoms with Crippen LogP contribution in [0, 0.1) is 0 Å². The Morgan fingerprint density at radius 1 is 1.14 bits per heavy atom. The van der Waals surface area contributed by atoms with Gasteiger partial charge in [-0.15, -0.1) is 0 Å². The Balaban J connectivity index is 2.87. The molecule has 12 heteroatoms. The summed E-state index contributed by atoms with van der Waals surface area (Å²) in [7, 11) is 0. The molecule has 0 spiro atoms. The normalized spacial score (nSPS) is 10.4. The lowest BCUT2D eigenvalue weighted by Crippen LogP contribution is -2.24. The van der Waals surface area contributed by atoms with Crippen LogP contribution < -0.4 is 26.5 Å². The predicted octanol–water partition coefficient (Wildman–Crippen LogP) is 1.05. The number of aromatic nitrogens is 1. The summed E-state index contributed by atoms with van der Waals surface area (Å²) >= 11 is 3.21. The number of hydrogen-bond donors (Lipinski definition) is 5. The van der Waals surface area contributed by atoms with E-state index >= 15 is 0 Å². The number of aromatic carboxylic acids is 2. The number of anilines is 1. The number of halogens is 1. The van der Waals surface area contributed by atoms with E-state index < -0.39 is 52.5 Å². The highest BCUT2D eigenvalue weighted by Gasteiger charge is 2.28. The quantitative estimate of drug-likeness (QED) is 0.375. The smallest absolute Gasteiger partial charge is 0.342 e. The molecule has 1 amide bonds. The molecule has 0 saturated heterocycles. The van der Waals surface area contributed by atoms with Crippen LogP contribution in [-0.4, -0.2) is 46.3 Å². The molecule has 2 rings (SSSR count). The van der Waals surface area contributed by atoms with Crippen molar-refractivity contribution in [3.8, 4) is 22.6 Å². The number of carboxylic acid groups (broad SMARTS) is 2. The number of rotatable bonds is 8. The molecule has 0 unspecified atom stereocenters. The van der Waals surface area contributed by atoms with Crippen LogP contribution in [0.25, 0.3) is 11.1 Å². The molecule has 1 aromatic heterocycles. The van der Waals surface area contributed by atoms with Gasteiger partial charge in [0.1, 0.15) is 16.9 Å². The zero-order valence-corrected chi connectivity index (χ0v) is 16.5. The molecule has 0 saturated carbocycles. The lowest BCUT2D eigenvalue weighted by atomic mass is 9.95. The molecule has 154 valence electrons. The zero-order valence-electron chi connectivity index (χ0n) is 14.9. The van der Waals surface area contributed by atoms with E-state index in [1.807, 2.05) is 4.98 Å². The third-order valence-electron chi connectivity index (χ3n) is 3.63. The molecule has 0 aliphatic heterocycles. The van der Waals surface area contributed by atoms with E-state index in [1.54, 1.807) is 6.92 Å². The Bertz CT molecular complexity index is 1060. The van der Waals surface area contributed by atoms with E-state index in [4.69, 9.17) is 20.9 Å². The first kappa shape index (κ1) is 21.8. The number of primary amides is 1. The topological polar surface area (TPSA) is 195 Å². The Hall–Kier alpha value is -3.54. The summed E-state index contributed by atoms with van der Waals surface area (Å²) in [6, 6.07) is 2.59. The van der Waals surface area contributed by atoms with Crippen molar-refractivity contribution in [2.45, 2.75) is 6.92 Å². The Kier molecular flexibility index (Phi) is 6.49. The van der Waals surface area contributed by atoms with E-state index in [-0.39, 0.29) is 28.1 Å². The standard InChI is InChI=1S/C17H16BrN3O8/c1-2-28-8-4-6(3-7(18)13(8)29-5-9(19)22)10-11(16(24)25)14(20)21-15(23)12(10)17(26)27/h3-4H,2,5H2,1H3,(H2,19,22)(H,24,25)(H,26,27)(H3,20,21,23). The summed E-state index contributed by atoms with van der Waals surface area (Å²) in [6.07, 6.45) is 0. The number of amides is 1. The number of carbonyl (C=O) groups is 3. The highest BCUT2D eigenvalue weighted by molar-refractivity contribution is 9.10. The van der Waals surface area contributed by atoms with Gasteiger partial charge in [0.2, 0.25) is 0 Å². The molecule has 0 aliphatic carbocycles. The van der Waals surface area contributed by atoms with Crippen molar-refractivity contribution in [2.24, 2.45) is 5.73 Å². The molecular formula is C17H16BrN3O8. The minimum absolute atomic E-state index is 0.0133.